The van der Waals surface area contributed by atoms with Crippen molar-refractivity contribution in [3.8, 4) is 0 Å². The molecule has 0 spiro atoms. The zero-order chi connectivity index (χ0) is 12.6. The molecular formula is C12H11AlClN2O2. The third kappa shape index (κ3) is 2.44. The molecule has 0 saturated carbocycles. The number of hydrogen-bond acceptors (Lipinski definition) is 2. The molecule has 1 aromatic carbocycles. The van der Waals surface area contributed by atoms with Gasteiger partial charge in [0.05, 0.1) is 5.02 Å². The highest BCUT2D eigenvalue weighted by Crippen LogP contribution is 2.18. The number of rotatable bonds is 2. The van der Waals surface area contributed by atoms with Gasteiger partial charge in [-0.15, -0.1) is 0 Å². The van der Waals surface area contributed by atoms with Crippen LogP contribution in [0.15, 0.2) is 29.1 Å². The summed E-state index contributed by atoms with van der Waals surface area (Å²) < 4.78 is 1.28. The molecule has 91 valence electrons. The minimum Gasteiger partial charge on any atom is -0.299 e. The number of halogens is 1. The molecule has 3 radical (unpaired) electrons. The van der Waals surface area contributed by atoms with Crippen LogP contribution >= 0.6 is 11.6 Å². The lowest BCUT2D eigenvalue weighted by atomic mass is 10.0. The van der Waals surface area contributed by atoms with E-state index in [1.54, 1.807) is 38.2 Å². The predicted molar refractivity (Wildman–Crippen MR) is 71.4 cm³/mol. The molecule has 0 aliphatic heterocycles. The quantitative estimate of drug-likeness (QED) is 0.668. The molecule has 0 saturated heterocycles. The molecular weight excluding hydrogens is 267 g/mol. The second-order valence-electron chi connectivity index (χ2n) is 3.78. The van der Waals surface area contributed by atoms with Crippen LogP contribution in [0.5, 0.6) is 0 Å². The third-order valence-electron chi connectivity index (χ3n) is 2.57. The Kier molecular flexibility index (Phi) is 4.58. The standard InChI is InChI=1S/C12H11ClN2O2.Al/c1-7-10(12(17)15(2)14-7)11(16)8-5-3-4-6-9(8)13;/h3-6,14H,1-2H3;. The van der Waals surface area contributed by atoms with Crippen LogP contribution in [-0.2, 0) is 7.05 Å². The summed E-state index contributed by atoms with van der Waals surface area (Å²) in [5, 5.41) is 3.13. The monoisotopic (exact) mass is 277 g/mol. The fraction of sp³-hybridized carbons (Fsp3) is 0.167. The first-order valence-electron chi connectivity index (χ1n) is 5.07. The molecule has 0 bridgehead atoms. The van der Waals surface area contributed by atoms with E-state index in [-0.39, 0.29) is 34.3 Å². The summed E-state index contributed by atoms with van der Waals surface area (Å²) in [7, 11) is 1.57. The summed E-state index contributed by atoms with van der Waals surface area (Å²) in [5.41, 5.74) is 0.685. The van der Waals surface area contributed by atoms with Gasteiger partial charge in [-0.25, -0.2) is 0 Å². The van der Waals surface area contributed by atoms with E-state index in [4.69, 9.17) is 11.6 Å². The summed E-state index contributed by atoms with van der Waals surface area (Å²) in [6, 6.07) is 6.69. The summed E-state index contributed by atoms with van der Waals surface area (Å²) in [6.07, 6.45) is 0. The maximum atomic E-state index is 12.2. The molecule has 2 rings (SSSR count). The zero-order valence-corrected chi connectivity index (χ0v) is 11.9. The second-order valence-corrected chi connectivity index (χ2v) is 4.19. The third-order valence-corrected chi connectivity index (χ3v) is 2.90. The van der Waals surface area contributed by atoms with E-state index in [1.165, 1.54) is 4.68 Å². The number of carbonyl (C=O) groups is 1. The number of nitrogens with zero attached hydrogens (tertiary/aromatic N) is 1. The minimum absolute atomic E-state index is 0. The molecule has 0 aliphatic carbocycles. The van der Waals surface area contributed by atoms with Gasteiger partial charge in [-0.3, -0.25) is 19.4 Å². The highest BCUT2D eigenvalue weighted by Gasteiger charge is 2.20. The lowest BCUT2D eigenvalue weighted by Gasteiger charge is -2.00. The van der Waals surface area contributed by atoms with E-state index in [1.807, 2.05) is 0 Å². The summed E-state index contributed by atoms with van der Waals surface area (Å²) in [4.78, 5) is 24.0. The first-order valence-corrected chi connectivity index (χ1v) is 5.45. The maximum Gasteiger partial charge on any atom is 0.277 e. The fourth-order valence-corrected chi connectivity index (χ4v) is 1.96. The van der Waals surface area contributed by atoms with E-state index in [0.29, 0.717) is 16.3 Å². The Labute approximate surface area is 120 Å². The molecule has 0 fully saturated rings. The highest BCUT2D eigenvalue weighted by atomic mass is 35.5. The van der Waals surface area contributed by atoms with Crippen LogP contribution in [-0.4, -0.2) is 32.9 Å². The summed E-state index contributed by atoms with van der Waals surface area (Å²) >= 11 is 5.94. The SMILES string of the molecule is Cc1[nH]n(C)c(=O)c1C(=O)c1ccccc1Cl.[Al]. The van der Waals surface area contributed by atoms with Crippen molar-refractivity contribution in [3.63, 3.8) is 0 Å². The smallest absolute Gasteiger partial charge is 0.277 e. The first-order chi connectivity index (χ1) is 8.02. The molecule has 0 unspecified atom stereocenters. The van der Waals surface area contributed by atoms with Crippen molar-refractivity contribution in [1.82, 2.24) is 9.78 Å². The van der Waals surface area contributed by atoms with Gasteiger partial charge in [-0.05, 0) is 19.1 Å². The van der Waals surface area contributed by atoms with E-state index in [0.717, 1.165) is 0 Å². The van der Waals surface area contributed by atoms with Crippen LogP contribution in [0.3, 0.4) is 0 Å². The molecule has 1 heterocycles. The predicted octanol–water partition coefficient (Wildman–Crippen LogP) is 1.53. The van der Waals surface area contributed by atoms with Crippen LogP contribution in [0.25, 0.3) is 0 Å². The number of nitrogens with one attached hydrogen (secondary N) is 1. The van der Waals surface area contributed by atoms with Crippen LogP contribution in [0, 0.1) is 6.92 Å². The average molecular weight is 278 g/mol. The first kappa shape index (κ1) is 14.8. The average Bonchev–Trinajstić information content (AvgIpc) is 2.53. The molecule has 1 N–H and O–H groups in total. The number of carbonyl (C=O) groups excluding carboxylic acids is 1. The van der Waals surface area contributed by atoms with Crippen LogP contribution in [0.1, 0.15) is 21.6 Å². The lowest BCUT2D eigenvalue weighted by Crippen LogP contribution is -2.19. The second kappa shape index (κ2) is 5.58. The van der Waals surface area contributed by atoms with Crippen molar-refractivity contribution in [1.29, 1.82) is 0 Å². The Bertz CT molecular complexity index is 646. The number of hydrogen-bond donors (Lipinski definition) is 1. The fourth-order valence-electron chi connectivity index (χ4n) is 1.73. The number of aromatic amines is 1. The Morgan fingerprint density at radius 2 is 1.94 bits per heavy atom. The lowest BCUT2D eigenvalue weighted by molar-refractivity contribution is 0.103. The molecule has 18 heavy (non-hydrogen) atoms. The van der Waals surface area contributed by atoms with Gasteiger partial charge in [-0.1, -0.05) is 23.7 Å². The number of H-pyrrole nitrogens is 1. The van der Waals surface area contributed by atoms with Crippen molar-refractivity contribution in [2.24, 2.45) is 7.05 Å². The van der Waals surface area contributed by atoms with Crippen molar-refractivity contribution in [2.75, 3.05) is 0 Å². The van der Waals surface area contributed by atoms with E-state index in [9.17, 15) is 9.59 Å². The van der Waals surface area contributed by atoms with Gasteiger partial charge in [0.2, 0.25) is 5.78 Å². The maximum absolute atomic E-state index is 12.2. The van der Waals surface area contributed by atoms with Crippen molar-refractivity contribution in [2.45, 2.75) is 6.92 Å². The van der Waals surface area contributed by atoms with Gasteiger partial charge in [0, 0.05) is 35.7 Å². The Hall–Kier alpha value is -1.28. The number of benzene rings is 1. The van der Waals surface area contributed by atoms with Crippen LogP contribution < -0.4 is 5.56 Å². The van der Waals surface area contributed by atoms with Gasteiger partial charge in [-0.2, -0.15) is 0 Å². The molecule has 1 aromatic heterocycles. The summed E-state index contributed by atoms with van der Waals surface area (Å²) in [6.45, 7) is 1.69. The summed E-state index contributed by atoms with van der Waals surface area (Å²) in [5.74, 6) is -0.352. The molecule has 2 aromatic rings. The van der Waals surface area contributed by atoms with Crippen molar-refractivity contribution < 1.29 is 4.79 Å². The van der Waals surface area contributed by atoms with Crippen LogP contribution in [0.2, 0.25) is 5.02 Å². The zero-order valence-electron chi connectivity index (χ0n) is 10.0. The Balaban J connectivity index is 0.00000162. The van der Waals surface area contributed by atoms with Gasteiger partial charge >= 0.3 is 0 Å². The van der Waals surface area contributed by atoms with Gasteiger partial charge in [0.25, 0.3) is 5.56 Å². The van der Waals surface area contributed by atoms with Crippen molar-refractivity contribution in [3.05, 3.63) is 56.5 Å². The van der Waals surface area contributed by atoms with E-state index in [2.05, 4.69) is 5.10 Å². The Morgan fingerprint density at radius 1 is 1.33 bits per heavy atom. The number of ketones is 1. The van der Waals surface area contributed by atoms with Gasteiger partial charge in [0.1, 0.15) is 5.56 Å². The molecule has 0 atom stereocenters. The largest absolute Gasteiger partial charge is 0.299 e. The van der Waals surface area contributed by atoms with Crippen molar-refractivity contribution >= 4 is 34.7 Å². The highest BCUT2D eigenvalue weighted by molar-refractivity contribution is 6.35. The van der Waals surface area contributed by atoms with Gasteiger partial charge < -0.3 is 0 Å². The molecule has 4 nitrogen and oxygen atoms in total. The van der Waals surface area contributed by atoms with E-state index >= 15 is 0 Å². The number of aryl methyl sites for hydroxylation is 2. The topological polar surface area (TPSA) is 54.9 Å². The van der Waals surface area contributed by atoms with E-state index < -0.39 is 0 Å². The normalized spacial score (nSPS) is 9.94. The van der Waals surface area contributed by atoms with Crippen LogP contribution in [0.4, 0.5) is 0 Å². The molecule has 0 amide bonds. The van der Waals surface area contributed by atoms with Gasteiger partial charge in [0.15, 0.2) is 0 Å². The molecule has 6 heteroatoms. The Morgan fingerprint density at radius 3 is 2.44 bits per heavy atom. The minimum atomic E-state index is -0.352. The molecule has 0 aliphatic rings. The number of aromatic nitrogens is 2.